The van der Waals surface area contributed by atoms with Crippen LogP contribution in [0.1, 0.15) is 44.1 Å². The van der Waals surface area contributed by atoms with Crippen LogP contribution < -0.4 is 0 Å². The molecule has 1 aromatic heterocycles. The van der Waals surface area contributed by atoms with Crippen LogP contribution in [0.15, 0.2) is 42.6 Å². The lowest BCUT2D eigenvalue weighted by atomic mass is 9.73. The van der Waals surface area contributed by atoms with Crippen LogP contribution in [0.4, 0.5) is 0 Å². The quantitative estimate of drug-likeness (QED) is 0.834. The third-order valence-corrected chi connectivity index (χ3v) is 6.57. The van der Waals surface area contributed by atoms with E-state index in [1.54, 1.807) is 0 Å². The Bertz CT molecular complexity index is 761. The van der Waals surface area contributed by atoms with Gasteiger partial charge in [0.05, 0.1) is 0 Å². The van der Waals surface area contributed by atoms with Gasteiger partial charge in [-0.25, -0.2) is 0 Å². The Labute approximate surface area is 150 Å². The first kappa shape index (κ1) is 16.6. The molecule has 2 bridgehead atoms. The molecule has 4 rings (SSSR count). The Morgan fingerprint density at radius 1 is 1.12 bits per heavy atom. The Hall–Kier alpha value is -1.87. The number of carbonyl (C=O) groups excluding carboxylic acids is 1. The van der Waals surface area contributed by atoms with Gasteiger partial charge in [-0.15, -0.1) is 0 Å². The highest BCUT2D eigenvalue weighted by atomic mass is 16.1. The van der Waals surface area contributed by atoms with Crippen LogP contribution in [0.5, 0.6) is 0 Å². The van der Waals surface area contributed by atoms with Crippen molar-refractivity contribution in [3.8, 4) is 11.3 Å². The zero-order chi connectivity index (χ0) is 17.6. The number of aromatic nitrogens is 1. The van der Waals surface area contributed by atoms with Crippen molar-refractivity contribution in [1.82, 2.24) is 9.47 Å². The van der Waals surface area contributed by atoms with Crippen LogP contribution in [-0.2, 0) is 11.8 Å². The molecule has 0 amide bonds. The number of carbonyl (C=O) groups is 1. The van der Waals surface area contributed by atoms with Crippen molar-refractivity contribution in [3.05, 3.63) is 48.2 Å². The van der Waals surface area contributed by atoms with E-state index in [0.29, 0.717) is 30.2 Å². The van der Waals surface area contributed by atoms with Gasteiger partial charge in [-0.05, 0) is 55.5 Å². The van der Waals surface area contributed by atoms with Crippen molar-refractivity contribution < 1.29 is 4.79 Å². The molecule has 2 aromatic rings. The Morgan fingerprint density at radius 3 is 2.52 bits per heavy atom. The zero-order valence-corrected chi connectivity index (χ0v) is 15.5. The second-order valence-corrected chi connectivity index (χ2v) is 7.78. The van der Waals surface area contributed by atoms with Crippen molar-refractivity contribution in [2.75, 3.05) is 7.05 Å². The highest BCUT2D eigenvalue weighted by Crippen LogP contribution is 2.47. The Balaban J connectivity index is 1.65. The van der Waals surface area contributed by atoms with E-state index in [2.05, 4.69) is 66.2 Å². The largest absolute Gasteiger partial charge is 0.351 e. The fourth-order valence-electron chi connectivity index (χ4n) is 5.15. The van der Waals surface area contributed by atoms with Crippen molar-refractivity contribution in [2.45, 2.75) is 50.6 Å². The molecule has 1 aromatic carbocycles. The molecule has 2 aliphatic rings. The summed E-state index contributed by atoms with van der Waals surface area (Å²) in [5.41, 5.74) is 3.82. The molecule has 0 saturated carbocycles. The van der Waals surface area contributed by atoms with Crippen LogP contribution in [0.3, 0.4) is 0 Å². The van der Waals surface area contributed by atoms with Crippen LogP contribution in [-0.4, -0.2) is 34.4 Å². The van der Waals surface area contributed by atoms with Gasteiger partial charge in [0.1, 0.15) is 5.78 Å². The van der Waals surface area contributed by atoms with E-state index in [-0.39, 0.29) is 5.92 Å². The molecule has 2 aliphatic heterocycles. The molecule has 132 valence electrons. The number of Topliss-reactive ketones (excluding diaryl/α,β-unsaturated/α-hetero) is 1. The monoisotopic (exact) mass is 336 g/mol. The summed E-state index contributed by atoms with van der Waals surface area (Å²) in [7, 11) is 4.29. The molecule has 2 saturated heterocycles. The van der Waals surface area contributed by atoms with E-state index in [4.69, 9.17) is 0 Å². The highest BCUT2D eigenvalue weighted by molar-refractivity contribution is 5.83. The molecule has 2 fully saturated rings. The lowest BCUT2D eigenvalue weighted by Gasteiger charge is -2.42. The Morgan fingerprint density at radius 2 is 1.88 bits per heavy atom. The average molecular weight is 336 g/mol. The average Bonchev–Trinajstić information content (AvgIpc) is 3.14. The van der Waals surface area contributed by atoms with Crippen molar-refractivity contribution >= 4 is 5.78 Å². The number of fused-ring (bicyclic) bond motifs is 2. The summed E-state index contributed by atoms with van der Waals surface area (Å²) >= 11 is 0. The molecule has 25 heavy (non-hydrogen) atoms. The molecular weight excluding hydrogens is 308 g/mol. The van der Waals surface area contributed by atoms with E-state index in [1.807, 2.05) is 6.92 Å². The van der Waals surface area contributed by atoms with Crippen molar-refractivity contribution in [1.29, 1.82) is 0 Å². The lowest BCUT2D eigenvalue weighted by Crippen LogP contribution is -2.48. The molecule has 0 aliphatic carbocycles. The fourth-order valence-corrected chi connectivity index (χ4v) is 5.15. The van der Waals surface area contributed by atoms with Crippen LogP contribution >= 0.6 is 0 Å². The summed E-state index contributed by atoms with van der Waals surface area (Å²) in [6, 6.07) is 14.3. The molecule has 0 radical (unpaired) electrons. The van der Waals surface area contributed by atoms with Gasteiger partial charge in [0.25, 0.3) is 0 Å². The molecule has 3 nitrogen and oxygen atoms in total. The minimum absolute atomic E-state index is 0.162. The number of hydrogen-bond acceptors (Lipinski definition) is 2. The normalized spacial score (nSPS) is 29.1. The summed E-state index contributed by atoms with van der Waals surface area (Å²) in [5.74, 6) is 0.979. The fraction of sp³-hybridized carbons (Fsp3) is 0.500. The number of benzene rings is 1. The van der Waals surface area contributed by atoms with E-state index in [0.717, 1.165) is 6.42 Å². The van der Waals surface area contributed by atoms with E-state index >= 15 is 0 Å². The molecule has 0 spiro atoms. The summed E-state index contributed by atoms with van der Waals surface area (Å²) in [6.07, 6.45) is 6.26. The summed E-state index contributed by atoms with van der Waals surface area (Å²) in [4.78, 5) is 15.2. The molecule has 3 heterocycles. The molecular formula is C22H28N2O. The smallest absolute Gasteiger partial charge is 0.137 e. The second-order valence-electron chi connectivity index (χ2n) is 7.78. The van der Waals surface area contributed by atoms with Crippen LogP contribution in [0, 0.1) is 5.92 Å². The van der Waals surface area contributed by atoms with Gasteiger partial charge in [-0.2, -0.15) is 0 Å². The van der Waals surface area contributed by atoms with E-state index < -0.39 is 0 Å². The first-order valence-electron chi connectivity index (χ1n) is 9.56. The molecule has 0 N–H and O–H groups in total. The summed E-state index contributed by atoms with van der Waals surface area (Å²) in [5, 5.41) is 0. The highest BCUT2D eigenvalue weighted by Gasteiger charge is 2.48. The van der Waals surface area contributed by atoms with Crippen molar-refractivity contribution in [3.63, 3.8) is 0 Å². The molecule has 0 unspecified atom stereocenters. The van der Waals surface area contributed by atoms with E-state index in [1.165, 1.54) is 29.7 Å². The second kappa shape index (κ2) is 6.45. The first-order chi connectivity index (χ1) is 12.1. The maximum atomic E-state index is 12.8. The van der Waals surface area contributed by atoms with Gasteiger partial charge >= 0.3 is 0 Å². The lowest BCUT2D eigenvalue weighted by molar-refractivity contribution is -0.126. The zero-order valence-electron chi connectivity index (χ0n) is 15.5. The third-order valence-electron chi connectivity index (χ3n) is 6.57. The maximum absolute atomic E-state index is 12.8. The molecule has 4 atom stereocenters. The van der Waals surface area contributed by atoms with Gasteiger partial charge < -0.3 is 4.57 Å². The van der Waals surface area contributed by atoms with Crippen LogP contribution in [0.2, 0.25) is 0 Å². The predicted molar refractivity (Wildman–Crippen MR) is 102 cm³/mol. The summed E-state index contributed by atoms with van der Waals surface area (Å²) in [6.45, 7) is 2.01. The predicted octanol–water partition coefficient (Wildman–Crippen LogP) is 4.24. The van der Waals surface area contributed by atoms with Gasteiger partial charge in [0, 0.05) is 43.4 Å². The van der Waals surface area contributed by atoms with E-state index in [9.17, 15) is 4.79 Å². The van der Waals surface area contributed by atoms with Gasteiger partial charge in [0.2, 0.25) is 0 Å². The number of hydrogen-bond donors (Lipinski definition) is 0. The van der Waals surface area contributed by atoms with Gasteiger partial charge in [-0.3, -0.25) is 9.69 Å². The van der Waals surface area contributed by atoms with Gasteiger partial charge in [-0.1, -0.05) is 31.2 Å². The summed E-state index contributed by atoms with van der Waals surface area (Å²) < 4.78 is 2.15. The standard InChI is InChI=1S/C22H28N2O/c1-4-21(25)22-18(14-17-11-12-20(22)24(17)3)15-7-9-16(10-8-15)19-6-5-13-23(19)2/h5-10,13,17-18,20,22H,4,11-12,14H2,1-3H3/t17-,18+,20+,22-/m0/s1. The minimum Gasteiger partial charge on any atom is -0.351 e. The maximum Gasteiger partial charge on any atom is 0.137 e. The number of piperidine rings is 1. The number of ketones is 1. The third kappa shape index (κ3) is 2.75. The SMILES string of the molecule is CCC(=O)[C@H]1[C@@H](c2ccc(-c3cccn3C)cc2)C[C@@H]2CC[C@H]1N2C. The number of aryl methyl sites for hydroxylation is 1. The Kier molecular flexibility index (Phi) is 4.28. The number of nitrogens with zero attached hydrogens (tertiary/aromatic N) is 2. The van der Waals surface area contributed by atoms with Crippen LogP contribution in [0.25, 0.3) is 11.3 Å². The first-order valence-corrected chi connectivity index (χ1v) is 9.56. The molecule has 3 heteroatoms. The number of rotatable bonds is 4. The minimum atomic E-state index is 0.162. The van der Waals surface area contributed by atoms with Gasteiger partial charge in [0.15, 0.2) is 0 Å². The van der Waals surface area contributed by atoms with Crippen molar-refractivity contribution in [2.24, 2.45) is 13.0 Å². The topological polar surface area (TPSA) is 25.2 Å².